The number of unbranched alkanes of at least 4 members (excludes halogenated alkanes) is 8. The average molecular weight is 427 g/mol. The van der Waals surface area contributed by atoms with E-state index >= 15 is 0 Å². The second-order valence-corrected chi connectivity index (χ2v) is 8.71. The molecular formula is C24H42O6. The molecule has 5 atom stereocenters. The number of carbonyl (C=O) groups is 1. The molecule has 2 aliphatic heterocycles. The maximum atomic E-state index is 12.0. The summed E-state index contributed by atoms with van der Waals surface area (Å²) in [6, 6.07) is 0. The van der Waals surface area contributed by atoms with Crippen LogP contribution >= 0.6 is 0 Å². The van der Waals surface area contributed by atoms with Crippen LogP contribution in [-0.4, -0.2) is 59.9 Å². The molecule has 2 aliphatic rings. The van der Waals surface area contributed by atoms with Crippen LogP contribution in [0, 0.1) is 0 Å². The maximum Gasteiger partial charge on any atom is 0.306 e. The Kier molecular flexibility index (Phi) is 12.6. The van der Waals surface area contributed by atoms with Gasteiger partial charge in [0, 0.05) is 6.42 Å². The number of aliphatic hydroxyl groups excluding tert-OH is 2. The Bertz CT molecular complexity index is 494. The monoisotopic (exact) mass is 426 g/mol. The van der Waals surface area contributed by atoms with Crippen molar-refractivity contribution < 1.29 is 29.2 Å². The lowest BCUT2D eigenvalue weighted by atomic mass is 10.1. The normalized spacial score (nSPS) is 26.9. The Morgan fingerprint density at radius 1 is 1.00 bits per heavy atom. The van der Waals surface area contributed by atoms with Crippen LogP contribution in [0.15, 0.2) is 12.2 Å². The molecular weight excluding hydrogens is 384 g/mol. The first-order valence-electron chi connectivity index (χ1n) is 12.1. The van der Waals surface area contributed by atoms with Gasteiger partial charge in [-0.05, 0) is 32.1 Å². The first kappa shape index (κ1) is 25.3. The topological polar surface area (TPSA) is 85.2 Å². The van der Waals surface area contributed by atoms with Crippen LogP contribution in [0.3, 0.4) is 0 Å². The summed E-state index contributed by atoms with van der Waals surface area (Å²) in [6.45, 7) is 2.76. The Hall–Kier alpha value is -0.950. The first-order valence-corrected chi connectivity index (χ1v) is 12.1. The molecule has 0 saturated carbocycles. The second-order valence-electron chi connectivity index (χ2n) is 8.71. The zero-order valence-corrected chi connectivity index (χ0v) is 18.7. The fourth-order valence-corrected chi connectivity index (χ4v) is 4.13. The van der Waals surface area contributed by atoms with Crippen molar-refractivity contribution in [3.8, 4) is 0 Å². The van der Waals surface area contributed by atoms with Crippen molar-refractivity contribution in [3.63, 3.8) is 0 Å². The maximum absolute atomic E-state index is 12.0. The van der Waals surface area contributed by atoms with Gasteiger partial charge in [-0.15, -0.1) is 0 Å². The van der Waals surface area contributed by atoms with Gasteiger partial charge in [-0.2, -0.15) is 0 Å². The third-order valence-corrected chi connectivity index (χ3v) is 5.98. The molecule has 0 spiro atoms. The van der Waals surface area contributed by atoms with Crippen molar-refractivity contribution in [1.82, 2.24) is 0 Å². The van der Waals surface area contributed by atoms with Crippen molar-refractivity contribution in [1.29, 1.82) is 0 Å². The number of allylic oxidation sites excluding steroid dienone is 1. The molecule has 30 heavy (non-hydrogen) atoms. The number of hydrogen-bond acceptors (Lipinski definition) is 6. The van der Waals surface area contributed by atoms with Gasteiger partial charge in [0.1, 0.15) is 18.3 Å². The molecule has 0 bridgehead atoms. The number of carbonyl (C=O) groups excluding carboxylic acids is 1. The van der Waals surface area contributed by atoms with E-state index in [4.69, 9.17) is 14.2 Å². The summed E-state index contributed by atoms with van der Waals surface area (Å²) in [5.41, 5.74) is 0. The highest BCUT2D eigenvalue weighted by Crippen LogP contribution is 2.29. The van der Waals surface area contributed by atoms with E-state index < -0.39 is 6.10 Å². The van der Waals surface area contributed by atoms with Crippen LogP contribution in [0.4, 0.5) is 0 Å². The summed E-state index contributed by atoms with van der Waals surface area (Å²) in [7, 11) is 0. The molecule has 6 nitrogen and oxygen atoms in total. The van der Waals surface area contributed by atoms with Crippen LogP contribution in [-0.2, 0) is 19.0 Å². The molecule has 2 heterocycles. The molecule has 0 aromatic heterocycles. The molecule has 0 amide bonds. The summed E-state index contributed by atoms with van der Waals surface area (Å²) >= 11 is 0. The van der Waals surface area contributed by atoms with Gasteiger partial charge in [-0.25, -0.2) is 0 Å². The molecule has 0 aromatic carbocycles. The molecule has 0 unspecified atom stereocenters. The molecule has 2 saturated heterocycles. The zero-order valence-electron chi connectivity index (χ0n) is 18.7. The first-order chi connectivity index (χ1) is 14.6. The summed E-state index contributed by atoms with van der Waals surface area (Å²) in [5.74, 6) is -0.203. The van der Waals surface area contributed by atoms with Gasteiger partial charge in [-0.3, -0.25) is 4.79 Å². The van der Waals surface area contributed by atoms with Crippen molar-refractivity contribution in [3.05, 3.63) is 12.2 Å². The minimum Gasteiger partial charge on any atom is -0.457 e. The molecule has 174 valence electrons. The number of esters is 1. The summed E-state index contributed by atoms with van der Waals surface area (Å²) in [6.07, 6.45) is 15.7. The van der Waals surface area contributed by atoms with E-state index in [1.54, 1.807) is 0 Å². The predicted octanol–water partition coefficient (Wildman–Crippen LogP) is 4.07. The lowest BCUT2D eigenvalue weighted by molar-refractivity contribution is -0.153. The molecule has 2 N–H and O–H groups in total. The quantitative estimate of drug-likeness (QED) is 0.220. The Labute approximate surface area is 182 Å². The van der Waals surface area contributed by atoms with Gasteiger partial charge in [0.2, 0.25) is 0 Å². The lowest BCUT2D eigenvalue weighted by Crippen LogP contribution is -2.34. The van der Waals surface area contributed by atoms with E-state index in [1.165, 1.54) is 19.3 Å². The number of fused-ring (bicyclic) bond motifs is 1. The zero-order chi connectivity index (χ0) is 21.6. The second kappa shape index (κ2) is 15.0. The summed E-state index contributed by atoms with van der Waals surface area (Å²) in [5, 5.41) is 19.6. The smallest absolute Gasteiger partial charge is 0.306 e. The van der Waals surface area contributed by atoms with Crippen LogP contribution in [0.25, 0.3) is 0 Å². The van der Waals surface area contributed by atoms with Gasteiger partial charge >= 0.3 is 5.97 Å². The lowest BCUT2D eigenvalue weighted by Gasteiger charge is -2.16. The Balaban J connectivity index is 1.38. The summed E-state index contributed by atoms with van der Waals surface area (Å²) < 4.78 is 16.4. The van der Waals surface area contributed by atoms with E-state index in [-0.39, 0.29) is 37.0 Å². The largest absolute Gasteiger partial charge is 0.457 e. The van der Waals surface area contributed by atoms with Crippen LogP contribution < -0.4 is 0 Å². The van der Waals surface area contributed by atoms with Crippen molar-refractivity contribution >= 4 is 5.97 Å². The van der Waals surface area contributed by atoms with Crippen LogP contribution in [0.5, 0.6) is 0 Å². The van der Waals surface area contributed by atoms with Gasteiger partial charge in [0.15, 0.2) is 6.10 Å². The van der Waals surface area contributed by atoms with Crippen molar-refractivity contribution in [2.45, 2.75) is 121 Å². The van der Waals surface area contributed by atoms with Gasteiger partial charge in [-0.1, -0.05) is 64.0 Å². The third kappa shape index (κ3) is 9.46. The SMILES string of the molecule is CCCCCC[C@@H](O)C/C=C\CCCCCCCC(=O)O[C@H]1CO[C@H]2[C@@H]1OC[C@H]2O. The highest BCUT2D eigenvalue weighted by atomic mass is 16.6. The van der Waals surface area contributed by atoms with E-state index in [2.05, 4.69) is 19.1 Å². The minimum absolute atomic E-state index is 0.190. The fraction of sp³-hybridized carbons (Fsp3) is 0.875. The Morgan fingerprint density at radius 2 is 1.73 bits per heavy atom. The van der Waals surface area contributed by atoms with E-state index in [0.29, 0.717) is 13.0 Å². The molecule has 0 radical (unpaired) electrons. The average Bonchev–Trinajstić information content (AvgIpc) is 3.30. The van der Waals surface area contributed by atoms with Crippen molar-refractivity contribution in [2.24, 2.45) is 0 Å². The van der Waals surface area contributed by atoms with Crippen LogP contribution in [0.2, 0.25) is 0 Å². The van der Waals surface area contributed by atoms with E-state index in [9.17, 15) is 15.0 Å². The molecule has 2 rings (SSSR count). The molecule has 6 heteroatoms. The minimum atomic E-state index is -0.617. The molecule has 0 aromatic rings. The van der Waals surface area contributed by atoms with Gasteiger partial charge < -0.3 is 24.4 Å². The fourth-order valence-electron chi connectivity index (χ4n) is 4.13. The van der Waals surface area contributed by atoms with Crippen molar-refractivity contribution in [2.75, 3.05) is 13.2 Å². The number of hydrogen-bond donors (Lipinski definition) is 2. The number of ether oxygens (including phenoxy) is 3. The number of aliphatic hydroxyl groups is 2. The summed E-state index contributed by atoms with van der Waals surface area (Å²) in [4.78, 5) is 12.0. The highest BCUT2D eigenvalue weighted by molar-refractivity contribution is 5.69. The van der Waals surface area contributed by atoms with Gasteiger partial charge in [0.05, 0.1) is 19.3 Å². The standard InChI is InChI=1S/C24H42O6/c1-2-3-4-11-14-19(25)15-12-9-7-5-6-8-10-13-16-22(27)30-21-18-29-23-20(26)17-28-24(21)23/h9,12,19-21,23-26H,2-8,10-11,13-18H2,1H3/b12-9-/t19-,20-,21+,23-,24-/m1/s1. The molecule has 2 fully saturated rings. The Morgan fingerprint density at radius 3 is 2.57 bits per heavy atom. The van der Waals surface area contributed by atoms with Gasteiger partial charge in [0.25, 0.3) is 0 Å². The van der Waals surface area contributed by atoms with E-state index in [0.717, 1.165) is 57.8 Å². The molecule has 0 aliphatic carbocycles. The predicted molar refractivity (Wildman–Crippen MR) is 116 cm³/mol. The van der Waals surface area contributed by atoms with E-state index in [1.807, 2.05) is 0 Å². The third-order valence-electron chi connectivity index (χ3n) is 5.98. The number of rotatable bonds is 16. The highest BCUT2D eigenvalue weighted by Gasteiger charge is 2.48. The van der Waals surface area contributed by atoms with Crippen LogP contribution in [0.1, 0.15) is 90.4 Å².